The highest BCUT2D eigenvalue weighted by molar-refractivity contribution is 7.98. The van der Waals surface area contributed by atoms with Crippen LogP contribution in [0.1, 0.15) is 0 Å². The van der Waals surface area contributed by atoms with Gasteiger partial charge in [0.15, 0.2) is 11.5 Å². The van der Waals surface area contributed by atoms with Gasteiger partial charge in [0.2, 0.25) is 6.79 Å². The molecule has 2 aromatic carbocycles. The van der Waals surface area contributed by atoms with Crippen LogP contribution in [-0.4, -0.2) is 19.1 Å². The van der Waals surface area contributed by atoms with Crippen molar-refractivity contribution in [3.05, 3.63) is 42.5 Å². The zero-order valence-electron chi connectivity index (χ0n) is 11.4. The second kappa shape index (κ2) is 5.97. The van der Waals surface area contributed by atoms with Crippen LogP contribution in [0.15, 0.2) is 47.4 Å². The SMILES string of the molecule is CSc1ccccc1NC(=O)Nc1ccc2c(c1)OCO2. The maximum absolute atomic E-state index is 12.0. The average Bonchev–Trinajstić information content (AvgIpc) is 2.95. The van der Waals surface area contributed by atoms with E-state index in [-0.39, 0.29) is 12.8 Å². The molecule has 0 unspecified atom stereocenters. The third-order valence-corrected chi connectivity index (χ3v) is 3.78. The van der Waals surface area contributed by atoms with Crippen molar-refractivity contribution in [2.75, 3.05) is 23.7 Å². The van der Waals surface area contributed by atoms with Crippen molar-refractivity contribution in [2.24, 2.45) is 0 Å². The number of carbonyl (C=O) groups excluding carboxylic acids is 1. The van der Waals surface area contributed by atoms with E-state index in [0.29, 0.717) is 17.2 Å². The Kier molecular flexibility index (Phi) is 3.87. The van der Waals surface area contributed by atoms with Gasteiger partial charge in [0, 0.05) is 16.6 Å². The first-order valence-corrected chi connectivity index (χ1v) is 7.59. The minimum absolute atomic E-state index is 0.214. The molecule has 1 aliphatic heterocycles. The van der Waals surface area contributed by atoms with E-state index >= 15 is 0 Å². The molecule has 6 heteroatoms. The number of thioether (sulfide) groups is 1. The first-order chi connectivity index (χ1) is 10.3. The van der Waals surface area contributed by atoms with Crippen LogP contribution in [0, 0.1) is 0 Å². The minimum Gasteiger partial charge on any atom is -0.454 e. The van der Waals surface area contributed by atoms with Crippen molar-refractivity contribution in [3.63, 3.8) is 0 Å². The Morgan fingerprint density at radius 2 is 1.90 bits per heavy atom. The van der Waals surface area contributed by atoms with Gasteiger partial charge in [-0.3, -0.25) is 0 Å². The van der Waals surface area contributed by atoms with Crippen molar-refractivity contribution < 1.29 is 14.3 Å². The maximum Gasteiger partial charge on any atom is 0.323 e. The zero-order chi connectivity index (χ0) is 14.7. The van der Waals surface area contributed by atoms with Crippen molar-refractivity contribution in [3.8, 4) is 11.5 Å². The quantitative estimate of drug-likeness (QED) is 0.847. The fraction of sp³-hybridized carbons (Fsp3) is 0.133. The largest absolute Gasteiger partial charge is 0.454 e. The average molecular weight is 302 g/mol. The highest BCUT2D eigenvalue weighted by Crippen LogP contribution is 2.34. The summed E-state index contributed by atoms with van der Waals surface area (Å²) in [6, 6.07) is 12.6. The normalized spacial score (nSPS) is 12.0. The van der Waals surface area contributed by atoms with E-state index in [0.717, 1.165) is 10.6 Å². The molecular weight excluding hydrogens is 288 g/mol. The predicted molar refractivity (Wildman–Crippen MR) is 83.4 cm³/mol. The number of nitrogens with one attached hydrogen (secondary N) is 2. The molecule has 5 nitrogen and oxygen atoms in total. The molecule has 1 heterocycles. The molecule has 108 valence electrons. The Hall–Kier alpha value is -2.34. The van der Waals surface area contributed by atoms with Crippen LogP contribution < -0.4 is 20.1 Å². The van der Waals surface area contributed by atoms with Crippen LogP contribution in [0.25, 0.3) is 0 Å². The van der Waals surface area contributed by atoms with Gasteiger partial charge in [-0.15, -0.1) is 11.8 Å². The Morgan fingerprint density at radius 3 is 2.76 bits per heavy atom. The highest BCUT2D eigenvalue weighted by Gasteiger charge is 2.14. The molecule has 0 saturated carbocycles. The molecule has 0 spiro atoms. The second-order valence-corrected chi connectivity index (χ2v) is 5.20. The first-order valence-electron chi connectivity index (χ1n) is 6.37. The number of carbonyl (C=O) groups is 1. The van der Waals surface area contributed by atoms with Crippen molar-refractivity contribution >= 4 is 29.2 Å². The van der Waals surface area contributed by atoms with E-state index in [9.17, 15) is 4.79 Å². The molecule has 0 radical (unpaired) electrons. The molecular formula is C15H14N2O3S. The van der Waals surface area contributed by atoms with Gasteiger partial charge >= 0.3 is 6.03 Å². The second-order valence-electron chi connectivity index (χ2n) is 4.35. The van der Waals surface area contributed by atoms with Crippen LogP contribution in [0.3, 0.4) is 0 Å². The van der Waals surface area contributed by atoms with Crippen LogP contribution in [0.5, 0.6) is 11.5 Å². The lowest BCUT2D eigenvalue weighted by molar-refractivity contribution is 0.174. The Balaban J connectivity index is 1.69. The molecule has 2 amide bonds. The standard InChI is InChI=1S/C15H14N2O3S/c1-21-14-5-3-2-4-11(14)17-15(18)16-10-6-7-12-13(8-10)20-9-19-12/h2-8H,9H2,1H3,(H2,16,17,18). The van der Waals surface area contributed by atoms with Gasteiger partial charge in [0.05, 0.1) is 5.69 Å². The molecule has 0 saturated heterocycles. The number of anilines is 2. The number of ether oxygens (including phenoxy) is 2. The van der Waals surface area contributed by atoms with Crippen LogP contribution in [0.2, 0.25) is 0 Å². The third kappa shape index (κ3) is 3.05. The summed E-state index contributed by atoms with van der Waals surface area (Å²) in [5.74, 6) is 1.33. The topological polar surface area (TPSA) is 59.6 Å². The van der Waals surface area contributed by atoms with Crippen molar-refractivity contribution in [2.45, 2.75) is 4.90 Å². The van der Waals surface area contributed by atoms with Gasteiger partial charge in [0.25, 0.3) is 0 Å². The summed E-state index contributed by atoms with van der Waals surface area (Å²) in [6.07, 6.45) is 1.97. The maximum atomic E-state index is 12.0. The predicted octanol–water partition coefficient (Wildman–Crippen LogP) is 3.78. The Labute approximate surface area is 126 Å². The molecule has 0 aliphatic carbocycles. The minimum atomic E-state index is -0.296. The summed E-state index contributed by atoms with van der Waals surface area (Å²) >= 11 is 1.58. The molecule has 21 heavy (non-hydrogen) atoms. The molecule has 0 aromatic heterocycles. The van der Waals surface area contributed by atoms with E-state index in [1.807, 2.05) is 30.5 Å². The van der Waals surface area contributed by atoms with Gasteiger partial charge in [-0.2, -0.15) is 0 Å². The van der Waals surface area contributed by atoms with Crippen molar-refractivity contribution in [1.82, 2.24) is 0 Å². The monoisotopic (exact) mass is 302 g/mol. The molecule has 2 aromatic rings. The van der Waals surface area contributed by atoms with Gasteiger partial charge in [-0.1, -0.05) is 12.1 Å². The summed E-state index contributed by atoms with van der Waals surface area (Å²) in [4.78, 5) is 13.1. The summed E-state index contributed by atoms with van der Waals surface area (Å²) in [5, 5.41) is 5.61. The number of hydrogen-bond donors (Lipinski definition) is 2. The molecule has 1 aliphatic rings. The number of benzene rings is 2. The number of fused-ring (bicyclic) bond motifs is 1. The summed E-state index contributed by atoms with van der Waals surface area (Å²) in [7, 11) is 0. The lowest BCUT2D eigenvalue weighted by atomic mass is 10.3. The van der Waals surface area contributed by atoms with E-state index in [4.69, 9.17) is 9.47 Å². The Morgan fingerprint density at radius 1 is 1.10 bits per heavy atom. The van der Waals surface area contributed by atoms with E-state index in [1.165, 1.54) is 0 Å². The molecule has 0 atom stereocenters. The summed E-state index contributed by atoms with van der Waals surface area (Å²) in [6.45, 7) is 0.214. The van der Waals surface area contributed by atoms with Crippen LogP contribution in [0.4, 0.5) is 16.2 Å². The van der Waals surface area contributed by atoms with Gasteiger partial charge < -0.3 is 20.1 Å². The Bertz CT molecular complexity index is 676. The fourth-order valence-corrected chi connectivity index (χ4v) is 2.56. The number of rotatable bonds is 3. The van der Waals surface area contributed by atoms with E-state index in [1.54, 1.807) is 30.0 Å². The molecule has 3 rings (SSSR count). The molecule has 0 bridgehead atoms. The van der Waals surface area contributed by atoms with E-state index in [2.05, 4.69) is 10.6 Å². The van der Waals surface area contributed by atoms with Crippen LogP contribution in [-0.2, 0) is 0 Å². The fourth-order valence-electron chi connectivity index (χ4n) is 2.01. The number of urea groups is 1. The number of hydrogen-bond acceptors (Lipinski definition) is 4. The zero-order valence-corrected chi connectivity index (χ0v) is 12.2. The van der Waals surface area contributed by atoms with Gasteiger partial charge in [0.1, 0.15) is 0 Å². The van der Waals surface area contributed by atoms with E-state index < -0.39 is 0 Å². The first kappa shape index (κ1) is 13.6. The van der Waals surface area contributed by atoms with Gasteiger partial charge in [-0.05, 0) is 30.5 Å². The summed E-state index contributed by atoms with van der Waals surface area (Å²) in [5.41, 5.74) is 1.43. The summed E-state index contributed by atoms with van der Waals surface area (Å²) < 4.78 is 10.5. The third-order valence-electron chi connectivity index (χ3n) is 2.99. The highest BCUT2D eigenvalue weighted by atomic mass is 32.2. The molecule has 0 fully saturated rings. The lowest BCUT2D eigenvalue weighted by Gasteiger charge is -2.10. The van der Waals surface area contributed by atoms with Crippen LogP contribution >= 0.6 is 11.8 Å². The smallest absolute Gasteiger partial charge is 0.323 e. The molecule has 2 N–H and O–H groups in total. The van der Waals surface area contributed by atoms with Gasteiger partial charge in [-0.25, -0.2) is 4.79 Å². The number of amides is 2. The number of para-hydroxylation sites is 1. The lowest BCUT2D eigenvalue weighted by Crippen LogP contribution is -2.19. The van der Waals surface area contributed by atoms with Crippen molar-refractivity contribution in [1.29, 1.82) is 0 Å².